The zero-order chi connectivity index (χ0) is 28.7. The molecule has 1 saturated heterocycles. The standard InChI is InChI=1S/C30H30ClFN8O/c1-4-25(41)39-12-14-40(15-13-39)30-19-16-21(31)27(26-18(2)8-9-22-20(26)17-34-37-22)28(32)29(19)35-23(36-30)6-5-7-24-33-10-11-38(24)3/h4,8-11,16-17H,1,5-7,12-15H2,2-3H3,(H,34,37). The lowest BCUT2D eigenvalue weighted by molar-refractivity contribution is -0.126. The van der Waals surface area contributed by atoms with Crippen molar-refractivity contribution in [2.45, 2.75) is 26.2 Å². The molecule has 210 valence electrons. The third kappa shape index (κ3) is 4.93. The summed E-state index contributed by atoms with van der Waals surface area (Å²) in [7, 11) is 1.97. The Hall–Kier alpha value is -4.31. The molecule has 0 saturated carbocycles. The first kappa shape index (κ1) is 26.9. The quantitative estimate of drug-likeness (QED) is 0.275. The molecule has 2 aromatic carbocycles. The van der Waals surface area contributed by atoms with E-state index >= 15 is 4.39 Å². The topological polar surface area (TPSA) is 95.8 Å². The van der Waals surface area contributed by atoms with E-state index in [-0.39, 0.29) is 16.4 Å². The summed E-state index contributed by atoms with van der Waals surface area (Å²) < 4.78 is 18.7. The number of benzene rings is 2. The fourth-order valence-electron chi connectivity index (χ4n) is 5.58. The van der Waals surface area contributed by atoms with Gasteiger partial charge in [0.1, 0.15) is 23.0 Å². The Kier molecular flexibility index (Phi) is 7.17. The van der Waals surface area contributed by atoms with E-state index in [0.717, 1.165) is 35.1 Å². The Morgan fingerprint density at radius 2 is 1.95 bits per heavy atom. The number of aromatic amines is 1. The normalized spacial score (nSPS) is 13.9. The number of carbonyl (C=O) groups is 1. The van der Waals surface area contributed by atoms with Gasteiger partial charge < -0.3 is 14.4 Å². The van der Waals surface area contributed by atoms with Crippen molar-refractivity contribution in [3.63, 3.8) is 0 Å². The van der Waals surface area contributed by atoms with E-state index in [1.165, 1.54) is 6.08 Å². The van der Waals surface area contributed by atoms with Crippen molar-refractivity contribution in [3.05, 3.63) is 77.5 Å². The summed E-state index contributed by atoms with van der Waals surface area (Å²) in [5, 5.41) is 8.73. The molecule has 6 rings (SSSR count). The lowest BCUT2D eigenvalue weighted by Gasteiger charge is -2.35. The summed E-state index contributed by atoms with van der Waals surface area (Å²) in [6.07, 6.45) is 8.77. The number of aryl methyl sites for hydroxylation is 4. The van der Waals surface area contributed by atoms with Crippen LogP contribution in [-0.4, -0.2) is 66.7 Å². The van der Waals surface area contributed by atoms with Gasteiger partial charge in [-0.05, 0) is 37.1 Å². The van der Waals surface area contributed by atoms with Gasteiger partial charge in [0.15, 0.2) is 5.82 Å². The number of carbonyl (C=O) groups excluding carboxylic acids is 1. The highest BCUT2D eigenvalue weighted by molar-refractivity contribution is 6.35. The summed E-state index contributed by atoms with van der Waals surface area (Å²) in [6, 6.07) is 5.61. The average molecular weight is 573 g/mol. The Morgan fingerprint density at radius 1 is 1.15 bits per heavy atom. The molecule has 1 N–H and O–H groups in total. The van der Waals surface area contributed by atoms with Crippen molar-refractivity contribution in [1.29, 1.82) is 0 Å². The van der Waals surface area contributed by atoms with Gasteiger partial charge in [0.05, 0.1) is 16.7 Å². The van der Waals surface area contributed by atoms with Gasteiger partial charge in [-0.1, -0.05) is 24.2 Å². The van der Waals surface area contributed by atoms with E-state index in [9.17, 15) is 4.79 Å². The van der Waals surface area contributed by atoms with Crippen molar-refractivity contribution in [2.75, 3.05) is 31.1 Å². The molecule has 1 fully saturated rings. The molecule has 1 aliphatic rings. The maximum Gasteiger partial charge on any atom is 0.246 e. The molecule has 5 aromatic rings. The number of amides is 1. The predicted molar refractivity (Wildman–Crippen MR) is 159 cm³/mol. The van der Waals surface area contributed by atoms with Crippen molar-refractivity contribution in [3.8, 4) is 11.1 Å². The number of nitrogens with zero attached hydrogens (tertiary/aromatic N) is 7. The Morgan fingerprint density at radius 3 is 2.68 bits per heavy atom. The number of hydrogen-bond donors (Lipinski definition) is 1. The Labute approximate surface area is 241 Å². The molecule has 0 bridgehead atoms. The summed E-state index contributed by atoms with van der Waals surface area (Å²) in [6.45, 7) is 7.66. The smallest absolute Gasteiger partial charge is 0.246 e. The fourth-order valence-corrected chi connectivity index (χ4v) is 5.86. The highest BCUT2D eigenvalue weighted by atomic mass is 35.5. The second-order valence-corrected chi connectivity index (χ2v) is 10.7. The van der Waals surface area contributed by atoms with E-state index in [1.54, 1.807) is 23.4 Å². The van der Waals surface area contributed by atoms with Gasteiger partial charge in [-0.15, -0.1) is 0 Å². The Bertz CT molecular complexity index is 1790. The average Bonchev–Trinajstić information content (AvgIpc) is 3.62. The Balaban J connectivity index is 1.45. The molecular formula is C30H30ClFN8O. The molecule has 0 atom stereocenters. The number of halogens is 2. The van der Waals surface area contributed by atoms with Crippen LogP contribution in [0.25, 0.3) is 32.9 Å². The number of piperazine rings is 1. The van der Waals surface area contributed by atoms with Crippen LogP contribution in [0.15, 0.2) is 49.4 Å². The second kappa shape index (κ2) is 10.9. The fraction of sp³-hybridized carbons (Fsp3) is 0.300. The molecule has 11 heteroatoms. The van der Waals surface area contributed by atoms with Crippen LogP contribution in [-0.2, 0) is 24.7 Å². The highest BCUT2D eigenvalue weighted by Crippen LogP contribution is 2.42. The van der Waals surface area contributed by atoms with Gasteiger partial charge in [-0.3, -0.25) is 9.89 Å². The van der Waals surface area contributed by atoms with Crippen LogP contribution in [0.4, 0.5) is 10.2 Å². The van der Waals surface area contributed by atoms with E-state index in [4.69, 9.17) is 21.6 Å². The number of H-pyrrole nitrogens is 1. The molecule has 3 aromatic heterocycles. The highest BCUT2D eigenvalue weighted by Gasteiger charge is 2.26. The van der Waals surface area contributed by atoms with Crippen LogP contribution in [0.3, 0.4) is 0 Å². The molecular weight excluding hydrogens is 543 g/mol. The predicted octanol–water partition coefficient (Wildman–Crippen LogP) is 5.02. The zero-order valence-electron chi connectivity index (χ0n) is 23.0. The van der Waals surface area contributed by atoms with Gasteiger partial charge >= 0.3 is 0 Å². The summed E-state index contributed by atoms with van der Waals surface area (Å²) in [5.74, 6) is 1.56. The molecule has 0 spiro atoms. The van der Waals surface area contributed by atoms with Crippen molar-refractivity contribution in [1.82, 2.24) is 34.6 Å². The van der Waals surface area contributed by atoms with Crippen LogP contribution in [0.5, 0.6) is 0 Å². The summed E-state index contributed by atoms with van der Waals surface area (Å²) >= 11 is 6.85. The number of fused-ring (bicyclic) bond motifs is 2. The minimum absolute atomic E-state index is 0.102. The molecule has 1 amide bonds. The van der Waals surface area contributed by atoms with Crippen LogP contribution < -0.4 is 4.90 Å². The lowest BCUT2D eigenvalue weighted by atomic mass is 9.95. The van der Waals surface area contributed by atoms with Gasteiger partial charge in [0.2, 0.25) is 5.91 Å². The third-order valence-electron chi connectivity index (χ3n) is 7.78. The molecule has 0 unspecified atom stereocenters. The third-order valence-corrected chi connectivity index (χ3v) is 8.08. The first-order chi connectivity index (χ1) is 19.9. The van der Waals surface area contributed by atoms with E-state index < -0.39 is 5.82 Å². The number of aromatic nitrogens is 6. The van der Waals surface area contributed by atoms with Crippen LogP contribution in [0.2, 0.25) is 5.02 Å². The monoisotopic (exact) mass is 572 g/mol. The summed E-state index contributed by atoms with van der Waals surface area (Å²) in [5.41, 5.74) is 2.89. The molecule has 1 aliphatic heterocycles. The van der Waals surface area contributed by atoms with Crippen LogP contribution in [0, 0.1) is 12.7 Å². The maximum absolute atomic E-state index is 16.7. The lowest BCUT2D eigenvalue weighted by Crippen LogP contribution is -2.48. The molecule has 4 heterocycles. The first-order valence-corrected chi connectivity index (χ1v) is 14.0. The van der Waals surface area contributed by atoms with Gasteiger partial charge in [-0.25, -0.2) is 19.3 Å². The molecule has 0 radical (unpaired) electrons. The van der Waals surface area contributed by atoms with E-state index in [1.807, 2.05) is 36.9 Å². The van der Waals surface area contributed by atoms with Gasteiger partial charge in [0.25, 0.3) is 0 Å². The van der Waals surface area contributed by atoms with Crippen molar-refractivity contribution < 1.29 is 9.18 Å². The van der Waals surface area contributed by atoms with Crippen LogP contribution >= 0.6 is 11.6 Å². The number of anilines is 1. The van der Waals surface area contributed by atoms with Crippen molar-refractivity contribution in [2.24, 2.45) is 7.05 Å². The number of imidazole rings is 1. The van der Waals surface area contributed by atoms with Gasteiger partial charge in [-0.2, -0.15) is 5.10 Å². The maximum atomic E-state index is 16.7. The minimum atomic E-state index is -0.487. The number of hydrogen-bond acceptors (Lipinski definition) is 6. The van der Waals surface area contributed by atoms with Crippen molar-refractivity contribution >= 4 is 45.1 Å². The summed E-state index contributed by atoms with van der Waals surface area (Å²) in [4.78, 5) is 30.1. The van der Waals surface area contributed by atoms with E-state index in [0.29, 0.717) is 60.8 Å². The van der Waals surface area contributed by atoms with E-state index in [2.05, 4.69) is 26.7 Å². The number of rotatable bonds is 7. The zero-order valence-corrected chi connectivity index (χ0v) is 23.7. The SMILES string of the molecule is C=CC(=O)N1CCN(c2nc(CCCc3nccn3C)nc3c(F)c(-c4c(C)ccc5[nH]ncc45)c(Cl)cc23)CC1. The number of nitrogens with one attached hydrogen (secondary N) is 1. The molecule has 0 aliphatic carbocycles. The molecule has 9 nitrogen and oxygen atoms in total. The first-order valence-electron chi connectivity index (χ1n) is 13.6. The van der Waals surface area contributed by atoms with Gasteiger partial charge in [0, 0.05) is 80.4 Å². The van der Waals surface area contributed by atoms with Crippen LogP contribution in [0.1, 0.15) is 23.6 Å². The largest absolute Gasteiger partial charge is 0.352 e. The second-order valence-electron chi connectivity index (χ2n) is 10.3. The molecule has 41 heavy (non-hydrogen) atoms. The minimum Gasteiger partial charge on any atom is -0.352 e.